The molecule has 8 heteroatoms. The van der Waals surface area contributed by atoms with Crippen LogP contribution in [0.15, 0.2) is 30.0 Å². The molecule has 0 aliphatic carbocycles. The quantitative estimate of drug-likeness (QED) is 0.802. The lowest BCUT2D eigenvalue weighted by Crippen LogP contribution is -2.63. The lowest BCUT2D eigenvalue weighted by atomic mass is 9.85. The third kappa shape index (κ3) is 2.38. The van der Waals surface area contributed by atoms with Crippen molar-refractivity contribution in [3.63, 3.8) is 0 Å². The van der Waals surface area contributed by atoms with Gasteiger partial charge in [0, 0.05) is 16.5 Å². The van der Waals surface area contributed by atoms with Gasteiger partial charge in [0.25, 0.3) is 0 Å². The predicted molar refractivity (Wildman–Crippen MR) is 82.0 cm³/mol. The largest absolute Gasteiger partial charge is 0.479 e. The van der Waals surface area contributed by atoms with E-state index in [4.69, 9.17) is 33.0 Å². The number of aliphatic hydroxyl groups is 1. The summed E-state index contributed by atoms with van der Waals surface area (Å²) in [7, 11) is 0. The van der Waals surface area contributed by atoms with Gasteiger partial charge in [-0.25, -0.2) is 4.79 Å². The number of carbonyl (C=O) groups excluding carboxylic acids is 1. The van der Waals surface area contributed by atoms with E-state index in [0.29, 0.717) is 15.6 Å². The smallest absolute Gasteiger partial charge is 0.338 e. The van der Waals surface area contributed by atoms with E-state index >= 15 is 0 Å². The zero-order valence-electron chi connectivity index (χ0n) is 11.8. The standard InChI is InChI=1S/C15H13Cl2NO5/c16-9-2-1-8(10(17)5-9)7-15(14(21)22)11(3-4-19)23-13-6-12(20)18(13)15/h1-3,5,13,19H,4,6-7H2,(H,21,22)/b11-3-/t13-,15-/m1/s1. The fraction of sp³-hybridized carbons (Fsp3) is 0.333. The molecule has 122 valence electrons. The number of fused-ring (bicyclic) bond motifs is 1. The third-order valence-electron chi connectivity index (χ3n) is 4.08. The zero-order valence-corrected chi connectivity index (χ0v) is 13.3. The van der Waals surface area contributed by atoms with Crippen LogP contribution in [0.2, 0.25) is 10.0 Å². The summed E-state index contributed by atoms with van der Waals surface area (Å²) in [6.45, 7) is -0.395. The Hall–Kier alpha value is -1.76. The number of halogens is 2. The van der Waals surface area contributed by atoms with Gasteiger partial charge in [0.2, 0.25) is 11.4 Å². The Morgan fingerprint density at radius 2 is 2.22 bits per heavy atom. The number of nitrogens with zero attached hydrogens (tertiary/aromatic N) is 1. The summed E-state index contributed by atoms with van der Waals surface area (Å²) < 4.78 is 5.54. The fourth-order valence-electron chi connectivity index (χ4n) is 3.00. The number of aliphatic hydroxyl groups excluding tert-OH is 1. The SMILES string of the molecule is O=C1C[C@H]2O/C(=C\CO)[C@](Cc3ccc(Cl)cc3Cl)(C(=O)O)N12. The first-order chi connectivity index (χ1) is 10.9. The first-order valence-electron chi connectivity index (χ1n) is 6.88. The summed E-state index contributed by atoms with van der Waals surface area (Å²) >= 11 is 12.0. The van der Waals surface area contributed by atoms with E-state index in [2.05, 4.69) is 0 Å². The maximum atomic E-state index is 12.1. The highest BCUT2D eigenvalue weighted by Gasteiger charge is 2.64. The van der Waals surface area contributed by atoms with Crippen LogP contribution < -0.4 is 0 Å². The van der Waals surface area contributed by atoms with Crippen molar-refractivity contribution in [1.82, 2.24) is 4.90 Å². The maximum absolute atomic E-state index is 12.1. The highest BCUT2D eigenvalue weighted by molar-refractivity contribution is 6.35. The molecule has 0 radical (unpaired) electrons. The number of hydrogen-bond acceptors (Lipinski definition) is 4. The monoisotopic (exact) mass is 357 g/mol. The molecule has 0 saturated carbocycles. The number of β-lactam (4-membered cyclic amide) rings is 1. The first-order valence-corrected chi connectivity index (χ1v) is 7.63. The number of benzene rings is 1. The molecule has 2 fully saturated rings. The van der Waals surface area contributed by atoms with Crippen LogP contribution in [0.25, 0.3) is 0 Å². The second kappa shape index (κ2) is 5.70. The highest BCUT2D eigenvalue weighted by Crippen LogP contribution is 2.46. The van der Waals surface area contributed by atoms with Gasteiger partial charge in [-0.2, -0.15) is 0 Å². The van der Waals surface area contributed by atoms with Crippen molar-refractivity contribution in [2.24, 2.45) is 0 Å². The van der Waals surface area contributed by atoms with Crippen molar-refractivity contribution in [2.75, 3.05) is 6.61 Å². The van der Waals surface area contributed by atoms with Crippen LogP contribution in [-0.2, 0) is 20.7 Å². The minimum absolute atomic E-state index is 0.0503. The average Bonchev–Trinajstić information content (AvgIpc) is 2.71. The molecule has 1 amide bonds. The van der Waals surface area contributed by atoms with Gasteiger partial charge >= 0.3 is 5.97 Å². The number of hydrogen-bond donors (Lipinski definition) is 2. The molecule has 0 aromatic heterocycles. The molecule has 2 atom stereocenters. The van der Waals surface area contributed by atoms with Crippen LogP contribution in [0.4, 0.5) is 0 Å². The van der Waals surface area contributed by atoms with Gasteiger partial charge in [-0.3, -0.25) is 9.69 Å². The van der Waals surface area contributed by atoms with Gasteiger partial charge < -0.3 is 14.9 Å². The minimum Gasteiger partial charge on any atom is -0.479 e. The summed E-state index contributed by atoms with van der Waals surface area (Å²) in [6, 6.07) is 4.72. The maximum Gasteiger partial charge on any atom is 0.338 e. The fourth-order valence-corrected chi connectivity index (χ4v) is 3.48. The van der Waals surface area contributed by atoms with E-state index in [9.17, 15) is 14.7 Å². The number of amides is 1. The van der Waals surface area contributed by atoms with Gasteiger partial charge in [0.05, 0.1) is 13.0 Å². The molecule has 2 saturated heterocycles. The second-order valence-corrected chi connectivity index (χ2v) is 6.21. The molecule has 23 heavy (non-hydrogen) atoms. The second-order valence-electron chi connectivity index (χ2n) is 5.37. The Balaban J connectivity index is 2.09. The molecule has 2 heterocycles. The molecule has 3 rings (SSSR count). The average molecular weight is 358 g/mol. The van der Waals surface area contributed by atoms with Crippen LogP contribution in [-0.4, -0.2) is 45.4 Å². The summed E-state index contributed by atoms with van der Waals surface area (Å²) in [5.41, 5.74) is -1.19. The number of rotatable bonds is 4. The van der Waals surface area contributed by atoms with Gasteiger partial charge in [-0.15, -0.1) is 0 Å². The summed E-state index contributed by atoms with van der Waals surface area (Å²) in [6.07, 6.45) is 0.685. The molecule has 0 unspecified atom stereocenters. The van der Waals surface area contributed by atoms with Crippen LogP contribution >= 0.6 is 23.2 Å². The van der Waals surface area contributed by atoms with Gasteiger partial charge in [-0.1, -0.05) is 29.3 Å². The Labute approximate surface area is 141 Å². The Kier molecular flexibility index (Phi) is 4.00. The summed E-state index contributed by atoms with van der Waals surface area (Å²) in [5, 5.41) is 19.7. The van der Waals surface area contributed by atoms with Crippen molar-refractivity contribution in [3.8, 4) is 0 Å². The molecular formula is C15H13Cl2NO5. The first kappa shape index (κ1) is 16.1. The van der Waals surface area contributed by atoms with Crippen molar-refractivity contribution in [2.45, 2.75) is 24.6 Å². The third-order valence-corrected chi connectivity index (χ3v) is 4.67. The molecule has 1 aromatic rings. The van der Waals surface area contributed by atoms with Crippen LogP contribution in [0.3, 0.4) is 0 Å². The Morgan fingerprint density at radius 1 is 1.48 bits per heavy atom. The van der Waals surface area contributed by atoms with Gasteiger partial charge in [0.15, 0.2) is 6.23 Å². The Morgan fingerprint density at radius 3 is 2.78 bits per heavy atom. The van der Waals surface area contributed by atoms with E-state index in [1.807, 2.05) is 0 Å². The minimum atomic E-state index is -1.71. The van der Waals surface area contributed by atoms with Crippen molar-refractivity contribution >= 4 is 35.1 Å². The van der Waals surface area contributed by atoms with Gasteiger partial charge in [0.1, 0.15) is 5.76 Å². The van der Waals surface area contributed by atoms with E-state index in [0.717, 1.165) is 0 Å². The Bertz CT molecular complexity index is 720. The summed E-state index contributed by atoms with van der Waals surface area (Å²) in [4.78, 5) is 25.2. The van der Waals surface area contributed by atoms with Gasteiger partial charge in [-0.05, 0) is 23.8 Å². The number of ether oxygens (including phenoxy) is 1. The van der Waals surface area contributed by atoms with Crippen LogP contribution in [0.1, 0.15) is 12.0 Å². The van der Waals surface area contributed by atoms with E-state index in [1.165, 1.54) is 17.0 Å². The lowest BCUT2D eigenvalue weighted by Gasteiger charge is -2.40. The van der Waals surface area contributed by atoms with Crippen molar-refractivity contribution in [3.05, 3.63) is 45.6 Å². The number of aliphatic carboxylic acids is 1. The normalized spacial score (nSPS) is 27.6. The van der Waals surface area contributed by atoms with E-state index in [1.54, 1.807) is 12.1 Å². The molecule has 2 aliphatic heterocycles. The van der Waals surface area contributed by atoms with E-state index < -0.39 is 24.3 Å². The van der Waals surface area contributed by atoms with Crippen molar-refractivity contribution < 1.29 is 24.5 Å². The zero-order chi connectivity index (χ0) is 16.8. The van der Waals surface area contributed by atoms with Crippen LogP contribution in [0.5, 0.6) is 0 Å². The lowest BCUT2D eigenvalue weighted by molar-refractivity contribution is -0.170. The number of carboxylic acid groups (broad SMARTS) is 1. The van der Waals surface area contributed by atoms with E-state index in [-0.39, 0.29) is 24.5 Å². The number of carbonyl (C=O) groups is 2. The molecule has 1 aromatic carbocycles. The molecular weight excluding hydrogens is 345 g/mol. The van der Waals surface area contributed by atoms with Crippen molar-refractivity contribution in [1.29, 1.82) is 0 Å². The molecule has 2 aliphatic rings. The molecule has 6 nitrogen and oxygen atoms in total. The molecule has 0 bridgehead atoms. The number of carboxylic acids is 1. The molecule has 2 N–H and O–H groups in total. The summed E-state index contributed by atoms with van der Waals surface area (Å²) in [5.74, 6) is -1.50. The predicted octanol–water partition coefficient (Wildman–Crippen LogP) is 1.82. The molecule has 0 spiro atoms. The van der Waals surface area contributed by atoms with Crippen LogP contribution in [0, 0.1) is 0 Å². The highest BCUT2D eigenvalue weighted by atomic mass is 35.5. The topological polar surface area (TPSA) is 87.1 Å².